The molecule has 2 heterocycles. The van der Waals surface area contributed by atoms with Crippen molar-refractivity contribution in [2.45, 2.75) is 20.8 Å². The molecule has 0 spiro atoms. The quantitative estimate of drug-likeness (QED) is 0.536. The van der Waals surface area contributed by atoms with Gasteiger partial charge in [-0.1, -0.05) is 23.8 Å². The molecular weight excluding hydrogens is 360 g/mol. The minimum atomic E-state index is 0.173. The van der Waals surface area contributed by atoms with Gasteiger partial charge in [0.25, 0.3) is 0 Å². The predicted octanol–water partition coefficient (Wildman–Crippen LogP) is 6.24. The molecule has 130 valence electrons. The first-order valence-electron chi connectivity index (χ1n) is 8.34. The number of aromatic hydroxyl groups is 1. The highest BCUT2D eigenvalue weighted by atomic mass is 32.1. The number of hydrogen-bond acceptors (Lipinski definition) is 4. The van der Waals surface area contributed by atoms with Crippen molar-refractivity contribution in [3.05, 3.63) is 68.0 Å². The zero-order valence-corrected chi connectivity index (χ0v) is 16.4. The van der Waals surface area contributed by atoms with Crippen molar-refractivity contribution in [2.24, 2.45) is 4.99 Å². The van der Waals surface area contributed by atoms with Crippen molar-refractivity contribution < 1.29 is 5.11 Å². The summed E-state index contributed by atoms with van der Waals surface area (Å²) in [6, 6.07) is 14.2. The highest BCUT2D eigenvalue weighted by molar-refractivity contribution is 7.73. The molecule has 1 aliphatic rings. The van der Waals surface area contributed by atoms with Crippen LogP contribution in [0.1, 0.15) is 28.5 Å². The largest absolute Gasteiger partial charge is 0.493 e. The third-order valence-corrected chi connectivity index (χ3v) is 5.78. The molecule has 0 saturated carbocycles. The molecule has 0 unspecified atom stereocenters. The second-order valence-electron chi connectivity index (χ2n) is 6.51. The van der Waals surface area contributed by atoms with E-state index in [1.165, 1.54) is 16.9 Å². The molecule has 0 fully saturated rings. The SMILES string of the molecule is CC1=Nc2ccc(C)cc2C1=Cc1sc(=S)n(-c2cccc(C)c2)c1O. The van der Waals surface area contributed by atoms with Crippen molar-refractivity contribution in [3.8, 4) is 11.6 Å². The first kappa shape index (κ1) is 16.9. The standard InChI is InChI=1S/C21H18N2OS2/c1-12-5-4-6-15(9-12)23-20(24)19(26-21(23)25)11-16-14(3)22-18-8-7-13(2)10-17(16)18/h4-11,24H,1-3H3. The maximum Gasteiger partial charge on any atom is 0.215 e. The van der Waals surface area contributed by atoms with Gasteiger partial charge in [0.15, 0.2) is 3.95 Å². The third-order valence-electron chi connectivity index (χ3n) is 4.47. The molecule has 0 amide bonds. The molecule has 26 heavy (non-hydrogen) atoms. The van der Waals surface area contributed by atoms with Crippen molar-refractivity contribution >= 4 is 46.6 Å². The normalized spacial score (nSPS) is 14.6. The van der Waals surface area contributed by atoms with E-state index in [2.05, 4.69) is 24.0 Å². The Morgan fingerprint density at radius 1 is 1.08 bits per heavy atom. The second kappa shape index (κ2) is 6.34. The minimum absolute atomic E-state index is 0.173. The summed E-state index contributed by atoms with van der Waals surface area (Å²) in [5, 5.41) is 10.8. The summed E-state index contributed by atoms with van der Waals surface area (Å²) in [7, 11) is 0. The van der Waals surface area contributed by atoms with Gasteiger partial charge < -0.3 is 5.11 Å². The van der Waals surface area contributed by atoms with Crippen LogP contribution in [-0.2, 0) is 0 Å². The number of allylic oxidation sites excluding steroid dienone is 1. The van der Waals surface area contributed by atoms with Crippen LogP contribution in [0, 0.1) is 17.8 Å². The van der Waals surface area contributed by atoms with E-state index in [0.717, 1.165) is 38.7 Å². The maximum absolute atomic E-state index is 10.8. The van der Waals surface area contributed by atoms with Crippen LogP contribution in [0.25, 0.3) is 17.3 Å². The second-order valence-corrected chi connectivity index (χ2v) is 8.18. The van der Waals surface area contributed by atoms with E-state index in [9.17, 15) is 5.11 Å². The Morgan fingerprint density at radius 2 is 1.85 bits per heavy atom. The first-order valence-corrected chi connectivity index (χ1v) is 9.57. The van der Waals surface area contributed by atoms with Crippen molar-refractivity contribution in [3.63, 3.8) is 0 Å². The summed E-state index contributed by atoms with van der Waals surface area (Å²) in [5.74, 6) is 0.173. The molecule has 3 aromatic rings. The van der Waals surface area contributed by atoms with Gasteiger partial charge in [0.1, 0.15) is 0 Å². The van der Waals surface area contributed by atoms with E-state index in [4.69, 9.17) is 12.2 Å². The van der Waals surface area contributed by atoms with Crippen molar-refractivity contribution in [1.29, 1.82) is 0 Å². The van der Waals surface area contributed by atoms with Gasteiger partial charge in [0.05, 0.1) is 16.3 Å². The van der Waals surface area contributed by atoms with Gasteiger partial charge in [-0.25, -0.2) is 0 Å². The highest BCUT2D eigenvalue weighted by Crippen LogP contribution is 2.39. The topological polar surface area (TPSA) is 37.5 Å². The number of thiazole rings is 1. The van der Waals surface area contributed by atoms with Crippen LogP contribution in [-0.4, -0.2) is 15.4 Å². The smallest absolute Gasteiger partial charge is 0.215 e. The molecule has 0 saturated heterocycles. The van der Waals surface area contributed by atoms with Gasteiger partial charge in [-0.2, -0.15) is 0 Å². The lowest BCUT2D eigenvalue weighted by Gasteiger charge is -2.06. The zero-order valence-electron chi connectivity index (χ0n) is 14.8. The zero-order chi connectivity index (χ0) is 18.4. The van der Waals surface area contributed by atoms with Gasteiger partial charge >= 0.3 is 0 Å². The number of aliphatic imine (C=N–C) groups is 1. The van der Waals surface area contributed by atoms with Crippen molar-refractivity contribution in [2.75, 3.05) is 0 Å². The van der Waals surface area contributed by atoms with Crippen molar-refractivity contribution in [1.82, 2.24) is 4.57 Å². The average molecular weight is 379 g/mol. The molecule has 1 aromatic heterocycles. The highest BCUT2D eigenvalue weighted by Gasteiger charge is 2.20. The number of fused-ring (bicyclic) bond motifs is 1. The Kier molecular flexibility index (Phi) is 4.13. The lowest BCUT2D eigenvalue weighted by molar-refractivity contribution is 0.441. The van der Waals surface area contributed by atoms with Crippen LogP contribution >= 0.6 is 23.6 Å². The number of rotatable bonds is 2. The van der Waals surface area contributed by atoms with Gasteiger partial charge in [-0.15, -0.1) is 11.3 Å². The monoisotopic (exact) mass is 378 g/mol. The maximum atomic E-state index is 10.8. The lowest BCUT2D eigenvalue weighted by atomic mass is 10.0. The Bertz CT molecular complexity index is 1150. The molecule has 0 radical (unpaired) electrons. The van der Waals surface area contributed by atoms with E-state index in [1.54, 1.807) is 4.57 Å². The van der Waals surface area contributed by atoms with Crippen LogP contribution < -0.4 is 0 Å². The Hall–Kier alpha value is -2.50. The van der Waals surface area contributed by atoms with E-state index >= 15 is 0 Å². The fourth-order valence-electron chi connectivity index (χ4n) is 3.18. The molecule has 1 N–H and O–H groups in total. The number of nitrogens with zero attached hydrogens (tertiary/aromatic N) is 2. The fraction of sp³-hybridized carbons (Fsp3) is 0.143. The van der Waals surface area contributed by atoms with E-state index in [0.29, 0.717) is 3.95 Å². The summed E-state index contributed by atoms with van der Waals surface area (Å²) >= 11 is 6.92. The van der Waals surface area contributed by atoms with E-state index in [-0.39, 0.29) is 5.88 Å². The summed E-state index contributed by atoms with van der Waals surface area (Å²) in [6.45, 7) is 6.09. The summed E-state index contributed by atoms with van der Waals surface area (Å²) in [6.07, 6.45) is 1.99. The van der Waals surface area contributed by atoms with Crippen LogP contribution in [0.15, 0.2) is 47.5 Å². The summed E-state index contributed by atoms with van der Waals surface area (Å²) < 4.78 is 2.34. The van der Waals surface area contributed by atoms with Gasteiger partial charge in [0.2, 0.25) is 5.88 Å². The molecule has 2 aromatic carbocycles. The summed E-state index contributed by atoms with van der Waals surface area (Å²) in [5.41, 5.74) is 7.25. The minimum Gasteiger partial charge on any atom is -0.493 e. The number of hydrogen-bond donors (Lipinski definition) is 1. The number of aromatic nitrogens is 1. The van der Waals surface area contributed by atoms with Gasteiger partial charge in [-0.3, -0.25) is 9.56 Å². The Morgan fingerprint density at radius 3 is 2.62 bits per heavy atom. The lowest BCUT2D eigenvalue weighted by Crippen LogP contribution is -1.94. The molecule has 5 heteroatoms. The Labute approximate surface area is 161 Å². The molecule has 1 aliphatic heterocycles. The Balaban J connectivity index is 1.86. The molecule has 4 rings (SSSR count). The van der Waals surface area contributed by atoms with Gasteiger partial charge in [0, 0.05) is 16.8 Å². The third kappa shape index (κ3) is 2.83. The van der Waals surface area contributed by atoms with Gasteiger partial charge in [-0.05, 0) is 68.9 Å². The predicted molar refractivity (Wildman–Crippen MR) is 113 cm³/mol. The first-order chi connectivity index (χ1) is 12.4. The van der Waals surface area contributed by atoms with Crippen LogP contribution in [0.4, 0.5) is 5.69 Å². The van der Waals surface area contributed by atoms with E-state index in [1.807, 2.05) is 50.3 Å². The molecule has 0 bridgehead atoms. The van der Waals surface area contributed by atoms with Crippen LogP contribution in [0.3, 0.4) is 0 Å². The van der Waals surface area contributed by atoms with E-state index < -0.39 is 0 Å². The average Bonchev–Trinajstić information content (AvgIpc) is 3.04. The fourth-order valence-corrected chi connectivity index (χ4v) is 4.47. The van der Waals surface area contributed by atoms with Crippen LogP contribution in [0.5, 0.6) is 5.88 Å². The number of aryl methyl sites for hydroxylation is 2. The molecule has 3 nitrogen and oxygen atoms in total. The molecular formula is C21H18N2OS2. The van der Waals surface area contributed by atoms with Crippen LogP contribution in [0.2, 0.25) is 0 Å². The molecule has 0 aliphatic carbocycles. The summed E-state index contributed by atoms with van der Waals surface area (Å²) in [4.78, 5) is 5.38. The number of benzene rings is 2. The molecule has 0 atom stereocenters.